The molecule has 1 aromatic heterocycles. The molecule has 0 saturated carbocycles. The number of carbonyl (C=O) groups excluding carboxylic acids is 1. The molecule has 2 N–H and O–H groups in total. The minimum absolute atomic E-state index is 0.0213. The van der Waals surface area contributed by atoms with Gasteiger partial charge in [-0.25, -0.2) is 0 Å². The van der Waals surface area contributed by atoms with Gasteiger partial charge in [-0.3, -0.25) is 9.69 Å². The van der Waals surface area contributed by atoms with Crippen LogP contribution in [-0.2, 0) is 4.79 Å². The number of carbonyl (C=O) groups is 1. The number of hydrogen-bond acceptors (Lipinski definition) is 5. The van der Waals surface area contributed by atoms with E-state index in [1.165, 1.54) is 19.3 Å². The highest BCUT2D eigenvalue weighted by molar-refractivity contribution is 5.91. The molecule has 1 aliphatic heterocycles. The van der Waals surface area contributed by atoms with E-state index in [1.807, 2.05) is 7.05 Å². The monoisotopic (exact) mass is 280 g/mol. The SMILES string of the molecule is CNCCC1CCN(CC(=O)Nc2cc(C)on2)CC1. The third-order valence-electron chi connectivity index (χ3n) is 3.77. The van der Waals surface area contributed by atoms with Gasteiger partial charge in [0.1, 0.15) is 5.76 Å². The van der Waals surface area contributed by atoms with Gasteiger partial charge in [-0.1, -0.05) is 5.16 Å². The van der Waals surface area contributed by atoms with E-state index in [2.05, 4.69) is 20.7 Å². The maximum absolute atomic E-state index is 11.9. The van der Waals surface area contributed by atoms with Crippen LogP contribution in [0.5, 0.6) is 0 Å². The number of likely N-dealkylation sites (tertiary alicyclic amines) is 1. The molecule has 2 heterocycles. The van der Waals surface area contributed by atoms with E-state index in [-0.39, 0.29) is 5.91 Å². The number of amides is 1. The predicted octanol–water partition coefficient (Wildman–Crippen LogP) is 1.24. The number of aromatic nitrogens is 1. The van der Waals surface area contributed by atoms with Crippen LogP contribution >= 0.6 is 0 Å². The highest BCUT2D eigenvalue weighted by Gasteiger charge is 2.20. The van der Waals surface area contributed by atoms with Crippen molar-refractivity contribution >= 4 is 11.7 Å². The summed E-state index contributed by atoms with van der Waals surface area (Å²) in [6.45, 7) is 5.32. The van der Waals surface area contributed by atoms with E-state index in [1.54, 1.807) is 13.0 Å². The number of anilines is 1. The normalized spacial score (nSPS) is 17.3. The molecule has 1 saturated heterocycles. The van der Waals surface area contributed by atoms with E-state index < -0.39 is 0 Å². The van der Waals surface area contributed by atoms with Crippen LogP contribution in [-0.4, -0.2) is 49.2 Å². The van der Waals surface area contributed by atoms with Crippen molar-refractivity contribution in [2.24, 2.45) is 5.92 Å². The molecule has 0 unspecified atom stereocenters. The number of piperidine rings is 1. The van der Waals surface area contributed by atoms with Gasteiger partial charge in [0.2, 0.25) is 5.91 Å². The second-order valence-corrected chi connectivity index (χ2v) is 5.48. The van der Waals surface area contributed by atoms with Crippen LogP contribution in [0, 0.1) is 12.8 Å². The third kappa shape index (κ3) is 4.61. The first kappa shape index (κ1) is 15.0. The fraction of sp³-hybridized carbons (Fsp3) is 0.714. The molecular weight excluding hydrogens is 256 g/mol. The first-order valence-electron chi connectivity index (χ1n) is 7.27. The Labute approximate surface area is 119 Å². The van der Waals surface area contributed by atoms with Crippen molar-refractivity contribution in [2.75, 3.05) is 38.5 Å². The molecule has 20 heavy (non-hydrogen) atoms. The van der Waals surface area contributed by atoms with Gasteiger partial charge >= 0.3 is 0 Å². The lowest BCUT2D eigenvalue weighted by Crippen LogP contribution is -2.39. The van der Waals surface area contributed by atoms with Gasteiger partial charge in [0.15, 0.2) is 5.82 Å². The maximum Gasteiger partial charge on any atom is 0.239 e. The van der Waals surface area contributed by atoms with E-state index in [9.17, 15) is 4.79 Å². The Morgan fingerprint density at radius 3 is 2.85 bits per heavy atom. The fourth-order valence-electron chi connectivity index (χ4n) is 2.59. The lowest BCUT2D eigenvalue weighted by molar-refractivity contribution is -0.117. The first-order chi connectivity index (χ1) is 9.67. The zero-order valence-corrected chi connectivity index (χ0v) is 12.3. The van der Waals surface area contributed by atoms with Gasteiger partial charge in [-0.2, -0.15) is 0 Å². The van der Waals surface area contributed by atoms with Crippen molar-refractivity contribution < 1.29 is 9.32 Å². The zero-order chi connectivity index (χ0) is 14.4. The minimum Gasteiger partial charge on any atom is -0.360 e. The fourth-order valence-corrected chi connectivity index (χ4v) is 2.59. The van der Waals surface area contributed by atoms with Crippen LogP contribution in [0.3, 0.4) is 0 Å². The Morgan fingerprint density at radius 2 is 2.25 bits per heavy atom. The molecule has 1 aliphatic rings. The second-order valence-electron chi connectivity index (χ2n) is 5.48. The number of nitrogens with one attached hydrogen (secondary N) is 2. The maximum atomic E-state index is 11.9. The molecular formula is C14H24N4O2. The molecule has 2 rings (SSSR count). The Hall–Kier alpha value is -1.40. The van der Waals surface area contributed by atoms with E-state index in [0.717, 1.165) is 25.6 Å². The molecule has 0 aromatic carbocycles. The average Bonchev–Trinajstić information content (AvgIpc) is 2.83. The van der Waals surface area contributed by atoms with Crippen molar-refractivity contribution in [2.45, 2.75) is 26.2 Å². The molecule has 6 heteroatoms. The van der Waals surface area contributed by atoms with Gasteiger partial charge in [-0.05, 0) is 58.8 Å². The molecule has 0 radical (unpaired) electrons. The third-order valence-corrected chi connectivity index (χ3v) is 3.77. The topological polar surface area (TPSA) is 70.4 Å². The van der Waals surface area contributed by atoms with Crippen LogP contribution < -0.4 is 10.6 Å². The summed E-state index contributed by atoms with van der Waals surface area (Å²) in [6, 6.07) is 1.72. The zero-order valence-electron chi connectivity index (χ0n) is 12.3. The van der Waals surface area contributed by atoms with Crippen LogP contribution in [0.25, 0.3) is 0 Å². The summed E-state index contributed by atoms with van der Waals surface area (Å²) in [6.07, 6.45) is 3.59. The Kier molecular flexibility index (Phi) is 5.55. The standard InChI is InChI=1S/C14H24N4O2/c1-11-9-13(17-20-11)16-14(19)10-18-7-4-12(5-8-18)3-6-15-2/h9,12,15H,3-8,10H2,1-2H3,(H,16,17,19). The molecule has 1 amide bonds. The van der Waals surface area contributed by atoms with E-state index in [4.69, 9.17) is 4.52 Å². The number of hydrogen-bond donors (Lipinski definition) is 2. The second kappa shape index (κ2) is 7.40. The van der Waals surface area contributed by atoms with Crippen molar-refractivity contribution in [3.8, 4) is 0 Å². The lowest BCUT2D eigenvalue weighted by Gasteiger charge is -2.31. The molecule has 112 valence electrons. The van der Waals surface area contributed by atoms with E-state index >= 15 is 0 Å². The summed E-state index contributed by atoms with van der Waals surface area (Å²) in [5.41, 5.74) is 0. The predicted molar refractivity (Wildman–Crippen MR) is 77.6 cm³/mol. The molecule has 0 atom stereocenters. The molecule has 1 fully saturated rings. The highest BCUT2D eigenvalue weighted by Crippen LogP contribution is 2.19. The van der Waals surface area contributed by atoms with Crippen LogP contribution in [0.1, 0.15) is 25.0 Å². The van der Waals surface area contributed by atoms with Crippen molar-refractivity contribution in [1.82, 2.24) is 15.4 Å². The Balaban J connectivity index is 1.68. The summed E-state index contributed by atoms with van der Waals surface area (Å²) in [7, 11) is 1.99. The summed E-state index contributed by atoms with van der Waals surface area (Å²) < 4.78 is 4.92. The number of nitrogens with zero attached hydrogens (tertiary/aromatic N) is 2. The largest absolute Gasteiger partial charge is 0.360 e. The van der Waals surface area contributed by atoms with Gasteiger partial charge < -0.3 is 15.2 Å². The van der Waals surface area contributed by atoms with Gasteiger partial charge in [0.05, 0.1) is 6.54 Å². The van der Waals surface area contributed by atoms with Crippen LogP contribution in [0.15, 0.2) is 10.6 Å². The van der Waals surface area contributed by atoms with Crippen LogP contribution in [0.4, 0.5) is 5.82 Å². The van der Waals surface area contributed by atoms with E-state index in [0.29, 0.717) is 18.1 Å². The summed E-state index contributed by atoms with van der Waals surface area (Å²) in [4.78, 5) is 14.1. The summed E-state index contributed by atoms with van der Waals surface area (Å²) >= 11 is 0. The molecule has 6 nitrogen and oxygen atoms in total. The number of rotatable bonds is 6. The average molecular weight is 280 g/mol. The van der Waals surface area contributed by atoms with Crippen molar-refractivity contribution in [3.05, 3.63) is 11.8 Å². The molecule has 0 aliphatic carbocycles. The molecule has 0 bridgehead atoms. The quantitative estimate of drug-likeness (QED) is 0.820. The van der Waals surface area contributed by atoms with Gasteiger partial charge in [0, 0.05) is 6.07 Å². The summed E-state index contributed by atoms with van der Waals surface area (Å²) in [5.74, 6) is 1.97. The minimum atomic E-state index is -0.0213. The summed E-state index contributed by atoms with van der Waals surface area (Å²) in [5, 5.41) is 9.72. The molecule has 1 aromatic rings. The van der Waals surface area contributed by atoms with Crippen molar-refractivity contribution in [1.29, 1.82) is 0 Å². The number of aryl methyl sites for hydroxylation is 1. The molecule has 0 spiro atoms. The van der Waals surface area contributed by atoms with Gasteiger partial charge in [0.25, 0.3) is 0 Å². The first-order valence-corrected chi connectivity index (χ1v) is 7.27. The Bertz CT molecular complexity index is 425. The smallest absolute Gasteiger partial charge is 0.239 e. The van der Waals surface area contributed by atoms with Gasteiger partial charge in [-0.15, -0.1) is 0 Å². The highest BCUT2D eigenvalue weighted by atomic mass is 16.5. The van der Waals surface area contributed by atoms with Crippen molar-refractivity contribution in [3.63, 3.8) is 0 Å². The Morgan fingerprint density at radius 1 is 1.50 bits per heavy atom. The van der Waals surface area contributed by atoms with Crippen LogP contribution in [0.2, 0.25) is 0 Å². The lowest BCUT2D eigenvalue weighted by atomic mass is 9.93.